The fourth-order valence-corrected chi connectivity index (χ4v) is 8.44. The third kappa shape index (κ3) is 5.28. The van der Waals surface area contributed by atoms with Gasteiger partial charge in [-0.3, -0.25) is 14.4 Å². The smallest absolute Gasteiger partial charge is 0.292 e. The molecule has 1 saturated carbocycles. The summed E-state index contributed by atoms with van der Waals surface area (Å²) in [5.41, 5.74) is 0.399. The van der Waals surface area contributed by atoms with Crippen LogP contribution in [0.2, 0.25) is 5.02 Å². The van der Waals surface area contributed by atoms with E-state index in [1.807, 2.05) is 6.92 Å². The first-order valence-electron chi connectivity index (χ1n) is 13.0. The summed E-state index contributed by atoms with van der Waals surface area (Å²) in [4.78, 5) is 40.0. The van der Waals surface area contributed by atoms with Gasteiger partial charge in [0.2, 0.25) is 0 Å². The van der Waals surface area contributed by atoms with Crippen LogP contribution in [0.15, 0.2) is 18.2 Å². The van der Waals surface area contributed by atoms with E-state index in [0.717, 1.165) is 5.56 Å². The molecule has 0 bridgehead atoms. The quantitative estimate of drug-likeness (QED) is 0.317. The van der Waals surface area contributed by atoms with Crippen LogP contribution in [0.1, 0.15) is 63.9 Å². The number of carbonyl (C=O) groups is 3. The average molecular weight is 597 g/mol. The van der Waals surface area contributed by atoms with Gasteiger partial charge in [0.05, 0.1) is 22.6 Å². The fraction of sp³-hybridized carbons (Fsp3) is 0.519. The molecule has 9 nitrogen and oxygen atoms in total. The molecule has 0 spiro atoms. The lowest BCUT2D eigenvalue weighted by Crippen LogP contribution is -2.71. The molecule has 5 rings (SSSR count). The number of Topliss-reactive ketones (excluding diaryl/α,β-unsaturated/α-hetero) is 1. The number of benzene rings is 1. The summed E-state index contributed by atoms with van der Waals surface area (Å²) in [5.74, 6) is -5.66. The van der Waals surface area contributed by atoms with E-state index in [4.69, 9.17) is 11.6 Å². The molecule has 1 aromatic heterocycles. The van der Waals surface area contributed by atoms with E-state index in [-0.39, 0.29) is 29.3 Å². The summed E-state index contributed by atoms with van der Waals surface area (Å²) in [5, 5.41) is 8.83. The van der Waals surface area contributed by atoms with Crippen LogP contribution in [-0.2, 0) is 27.6 Å². The maximum Gasteiger partial charge on any atom is 0.292 e. The monoisotopic (exact) mass is 596 g/mol. The highest BCUT2D eigenvalue weighted by Gasteiger charge is 2.58. The molecule has 0 atom stereocenters. The molecule has 3 heterocycles. The van der Waals surface area contributed by atoms with E-state index in [2.05, 4.69) is 16.0 Å². The van der Waals surface area contributed by atoms with E-state index in [9.17, 15) is 31.6 Å². The van der Waals surface area contributed by atoms with E-state index in [1.54, 1.807) is 36.6 Å². The highest BCUT2D eigenvalue weighted by atomic mass is 35.5. The third-order valence-corrected chi connectivity index (χ3v) is 10.6. The van der Waals surface area contributed by atoms with Gasteiger partial charge in [0.1, 0.15) is 5.69 Å². The number of aryl methyl sites for hydroxylation is 1. The summed E-state index contributed by atoms with van der Waals surface area (Å²) in [7, 11) is -3.17. The maximum atomic E-state index is 14.0. The number of aromatic nitrogens is 1. The molecule has 216 valence electrons. The molecular weight excluding hydrogens is 566 g/mol. The molecule has 0 radical (unpaired) electrons. The van der Waals surface area contributed by atoms with Crippen LogP contribution < -0.4 is 16.0 Å². The second-order valence-corrected chi connectivity index (χ2v) is 14.2. The van der Waals surface area contributed by atoms with Gasteiger partial charge in [-0.25, -0.2) is 17.2 Å². The van der Waals surface area contributed by atoms with Crippen LogP contribution in [0.3, 0.4) is 0 Å². The Morgan fingerprint density at radius 3 is 2.40 bits per heavy atom. The van der Waals surface area contributed by atoms with E-state index in [0.29, 0.717) is 41.4 Å². The Hall–Kier alpha value is -2.83. The number of anilines is 1. The topological polar surface area (TPSA) is 126 Å². The van der Waals surface area contributed by atoms with Gasteiger partial charge in [-0.05, 0) is 56.9 Å². The molecule has 1 aromatic carbocycles. The number of ketones is 1. The van der Waals surface area contributed by atoms with Crippen molar-refractivity contribution in [2.45, 2.75) is 70.0 Å². The number of hydrogen-bond acceptors (Lipinski definition) is 6. The Morgan fingerprint density at radius 1 is 1.12 bits per heavy atom. The Balaban J connectivity index is 1.36. The van der Waals surface area contributed by atoms with Gasteiger partial charge in [0.15, 0.2) is 9.84 Å². The number of halogens is 3. The van der Waals surface area contributed by atoms with Crippen molar-refractivity contribution < 1.29 is 31.6 Å². The predicted octanol–water partition coefficient (Wildman–Crippen LogP) is 3.20. The van der Waals surface area contributed by atoms with Crippen molar-refractivity contribution in [2.24, 2.45) is 0 Å². The number of sulfone groups is 1. The summed E-state index contributed by atoms with van der Waals surface area (Å²) in [6.45, 7) is 5.49. The SMILES string of the molecule is Cc1ccc(NC(=O)c2c(C)c(C(=O)C(=O)NC3(CNC4(C)CS(=O)(=O)C4)CC(F)(F)C3)c3n2CCC3)cc1Cl. The number of fused-ring (bicyclic) bond motifs is 1. The van der Waals surface area contributed by atoms with Crippen LogP contribution in [0.4, 0.5) is 14.5 Å². The number of amides is 2. The van der Waals surface area contributed by atoms with Crippen LogP contribution in [0.25, 0.3) is 0 Å². The Morgan fingerprint density at radius 2 is 1.80 bits per heavy atom. The standard InChI is InChI=1S/C27H31ClF2N4O5S/c1-15-6-7-17(9-18(15)28)32-23(36)21-16(2)20(19-5-4-8-34(19)21)22(35)24(37)33-26(10-27(29,30)11-26)12-31-25(3)13-40(38,39)14-25/h6-7,9,31H,4-5,8,10-14H2,1-3H3,(H,32,36)(H,33,37). The molecular formula is C27H31ClF2N4O5S. The molecule has 40 heavy (non-hydrogen) atoms. The number of alkyl halides is 2. The van der Waals surface area contributed by atoms with Crippen LogP contribution >= 0.6 is 11.6 Å². The largest absolute Gasteiger partial charge is 0.342 e. The molecule has 2 amide bonds. The number of nitrogens with one attached hydrogen (secondary N) is 3. The molecule has 1 aliphatic carbocycles. The lowest BCUT2D eigenvalue weighted by atomic mass is 9.72. The Labute approximate surface area is 235 Å². The minimum Gasteiger partial charge on any atom is -0.342 e. The molecule has 2 aromatic rings. The van der Waals surface area contributed by atoms with Crippen molar-refractivity contribution in [2.75, 3.05) is 23.4 Å². The van der Waals surface area contributed by atoms with E-state index >= 15 is 0 Å². The zero-order chi connectivity index (χ0) is 29.3. The Bertz CT molecular complexity index is 1530. The lowest BCUT2D eigenvalue weighted by Gasteiger charge is -2.50. The highest BCUT2D eigenvalue weighted by Crippen LogP contribution is 2.46. The van der Waals surface area contributed by atoms with Crippen molar-refractivity contribution in [1.82, 2.24) is 15.2 Å². The second kappa shape index (κ2) is 9.63. The van der Waals surface area contributed by atoms with Crippen LogP contribution in [0.5, 0.6) is 0 Å². The first-order chi connectivity index (χ1) is 18.5. The van der Waals surface area contributed by atoms with Crippen molar-refractivity contribution in [3.63, 3.8) is 0 Å². The average Bonchev–Trinajstić information content (AvgIpc) is 3.36. The summed E-state index contributed by atoms with van der Waals surface area (Å²) >= 11 is 6.18. The van der Waals surface area contributed by atoms with E-state index < -0.39 is 57.3 Å². The minimum absolute atomic E-state index is 0.104. The van der Waals surface area contributed by atoms with Gasteiger partial charge in [0, 0.05) is 47.9 Å². The maximum absolute atomic E-state index is 14.0. The minimum atomic E-state index is -3.17. The van der Waals surface area contributed by atoms with Gasteiger partial charge in [-0.1, -0.05) is 17.7 Å². The van der Waals surface area contributed by atoms with Crippen molar-refractivity contribution in [3.05, 3.63) is 51.3 Å². The Kier molecular flexibility index (Phi) is 6.91. The summed E-state index contributed by atoms with van der Waals surface area (Å²) < 4.78 is 53.0. The second-order valence-electron chi connectivity index (χ2n) is 11.7. The zero-order valence-electron chi connectivity index (χ0n) is 22.4. The predicted molar refractivity (Wildman–Crippen MR) is 146 cm³/mol. The van der Waals surface area contributed by atoms with Gasteiger partial charge < -0.3 is 20.5 Å². The van der Waals surface area contributed by atoms with Crippen LogP contribution in [0, 0.1) is 13.8 Å². The van der Waals surface area contributed by atoms with Crippen molar-refractivity contribution >= 4 is 44.7 Å². The van der Waals surface area contributed by atoms with Gasteiger partial charge in [0.25, 0.3) is 23.5 Å². The normalized spacial score (nSPS) is 21.1. The van der Waals surface area contributed by atoms with Crippen molar-refractivity contribution in [1.29, 1.82) is 0 Å². The fourth-order valence-electron chi connectivity index (χ4n) is 6.19. The molecule has 1 saturated heterocycles. The summed E-state index contributed by atoms with van der Waals surface area (Å²) in [6.07, 6.45) is -0.185. The van der Waals surface area contributed by atoms with Crippen molar-refractivity contribution in [3.8, 4) is 0 Å². The highest BCUT2D eigenvalue weighted by molar-refractivity contribution is 7.93. The van der Waals surface area contributed by atoms with Gasteiger partial charge in [-0.15, -0.1) is 0 Å². The van der Waals surface area contributed by atoms with Gasteiger partial charge >= 0.3 is 0 Å². The number of carbonyl (C=O) groups excluding carboxylic acids is 3. The molecule has 3 N–H and O–H groups in total. The number of rotatable bonds is 8. The third-order valence-electron chi connectivity index (χ3n) is 7.99. The number of hydrogen-bond donors (Lipinski definition) is 3. The molecule has 3 aliphatic rings. The molecule has 2 aliphatic heterocycles. The molecule has 2 fully saturated rings. The van der Waals surface area contributed by atoms with Gasteiger partial charge in [-0.2, -0.15) is 0 Å². The van der Waals surface area contributed by atoms with Crippen LogP contribution in [-0.4, -0.2) is 65.6 Å². The zero-order valence-corrected chi connectivity index (χ0v) is 24.0. The molecule has 0 unspecified atom stereocenters. The summed E-state index contributed by atoms with van der Waals surface area (Å²) in [6, 6.07) is 5.10. The van der Waals surface area contributed by atoms with E-state index in [1.165, 1.54) is 0 Å². The number of nitrogens with zero attached hydrogens (tertiary/aromatic N) is 1. The first-order valence-corrected chi connectivity index (χ1v) is 15.2. The lowest BCUT2D eigenvalue weighted by molar-refractivity contribution is -0.145. The first kappa shape index (κ1) is 28.7. The molecule has 13 heteroatoms.